The zero-order valence-electron chi connectivity index (χ0n) is 13.5. The van der Waals surface area contributed by atoms with E-state index >= 15 is 0 Å². The SMILES string of the molecule is COCc1nn2c(N)c(-c3nc(O)cs3)nnc2c1-c1ccc(F)cc1. The lowest BCUT2D eigenvalue weighted by atomic mass is 10.1. The van der Waals surface area contributed by atoms with Crippen LogP contribution in [0.2, 0.25) is 0 Å². The van der Waals surface area contributed by atoms with Crippen LogP contribution in [-0.4, -0.2) is 37.0 Å². The van der Waals surface area contributed by atoms with Crippen LogP contribution in [0, 0.1) is 5.82 Å². The first-order chi connectivity index (χ1) is 12.6. The van der Waals surface area contributed by atoms with E-state index in [0.29, 0.717) is 27.6 Å². The number of nitrogens with two attached hydrogens (primary N) is 1. The standard InChI is InChI=1S/C16H13FN6O2S/c1-25-6-10-12(8-2-4-9(17)5-3-8)15-21-20-13(14(18)23(15)22-10)16-19-11(24)7-26-16/h2-5,7,24H,6,18H2,1H3. The molecule has 3 N–H and O–H groups in total. The van der Waals surface area contributed by atoms with Crippen molar-refractivity contribution in [2.75, 3.05) is 12.8 Å². The van der Waals surface area contributed by atoms with E-state index in [1.54, 1.807) is 19.2 Å². The summed E-state index contributed by atoms with van der Waals surface area (Å²) in [5.41, 5.74) is 8.95. The molecular weight excluding hydrogens is 359 g/mol. The van der Waals surface area contributed by atoms with Gasteiger partial charge in [-0.05, 0) is 17.7 Å². The zero-order chi connectivity index (χ0) is 18.3. The highest BCUT2D eigenvalue weighted by atomic mass is 32.1. The average Bonchev–Trinajstić information content (AvgIpc) is 3.21. The number of hydrogen-bond donors (Lipinski definition) is 2. The van der Waals surface area contributed by atoms with Crippen LogP contribution in [0.1, 0.15) is 5.69 Å². The van der Waals surface area contributed by atoms with Gasteiger partial charge in [-0.1, -0.05) is 12.1 Å². The van der Waals surface area contributed by atoms with Gasteiger partial charge in [0, 0.05) is 7.11 Å². The number of anilines is 1. The Kier molecular flexibility index (Phi) is 3.98. The number of aromatic nitrogens is 5. The monoisotopic (exact) mass is 372 g/mol. The van der Waals surface area contributed by atoms with E-state index < -0.39 is 0 Å². The van der Waals surface area contributed by atoms with Crippen molar-refractivity contribution in [3.8, 4) is 27.7 Å². The molecule has 0 atom stereocenters. The summed E-state index contributed by atoms with van der Waals surface area (Å²) in [7, 11) is 1.55. The van der Waals surface area contributed by atoms with Gasteiger partial charge in [-0.2, -0.15) is 14.6 Å². The number of rotatable bonds is 4. The fraction of sp³-hybridized carbons (Fsp3) is 0.125. The third-order valence-corrected chi connectivity index (χ3v) is 4.59. The third kappa shape index (κ3) is 2.65. The van der Waals surface area contributed by atoms with Crippen molar-refractivity contribution in [2.45, 2.75) is 6.61 Å². The minimum atomic E-state index is -0.338. The fourth-order valence-corrected chi connectivity index (χ4v) is 3.31. The second-order valence-corrected chi connectivity index (χ2v) is 6.30. The Morgan fingerprint density at radius 3 is 2.69 bits per heavy atom. The summed E-state index contributed by atoms with van der Waals surface area (Å²) >= 11 is 1.19. The first-order valence-electron chi connectivity index (χ1n) is 7.52. The van der Waals surface area contributed by atoms with Gasteiger partial charge in [-0.15, -0.1) is 21.5 Å². The van der Waals surface area contributed by atoms with Crippen molar-refractivity contribution >= 4 is 22.8 Å². The van der Waals surface area contributed by atoms with Gasteiger partial charge >= 0.3 is 0 Å². The highest BCUT2D eigenvalue weighted by Gasteiger charge is 2.21. The van der Waals surface area contributed by atoms with Gasteiger partial charge in [0.25, 0.3) is 0 Å². The van der Waals surface area contributed by atoms with Crippen molar-refractivity contribution in [3.05, 3.63) is 41.2 Å². The number of benzene rings is 1. The van der Waals surface area contributed by atoms with Crippen LogP contribution in [-0.2, 0) is 11.3 Å². The second-order valence-electron chi connectivity index (χ2n) is 5.44. The second kappa shape index (κ2) is 6.32. The molecule has 0 radical (unpaired) electrons. The number of halogens is 1. The summed E-state index contributed by atoms with van der Waals surface area (Å²) in [5.74, 6) is -0.219. The molecule has 4 aromatic rings. The molecule has 0 aliphatic carbocycles. The van der Waals surface area contributed by atoms with Crippen LogP contribution in [0.4, 0.5) is 10.2 Å². The number of ether oxygens (including phenoxy) is 1. The molecule has 0 amide bonds. The summed E-state index contributed by atoms with van der Waals surface area (Å²) in [5, 5.41) is 24.2. The van der Waals surface area contributed by atoms with Crippen LogP contribution in [0.25, 0.3) is 27.5 Å². The maximum atomic E-state index is 13.3. The van der Waals surface area contributed by atoms with Gasteiger partial charge in [0.15, 0.2) is 22.2 Å². The zero-order valence-corrected chi connectivity index (χ0v) is 14.4. The van der Waals surface area contributed by atoms with Crippen molar-refractivity contribution in [3.63, 3.8) is 0 Å². The molecular formula is C16H13FN6O2S. The van der Waals surface area contributed by atoms with Crippen LogP contribution in [0.15, 0.2) is 29.6 Å². The first-order valence-corrected chi connectivity index (χ1v) is 8.40. The topological polar surface area (TPSA) is 111 Å². The van der Waals surface area contributed by atoms with Crippen molar-refractivity contribution in [1.82, 2.24) is 24.8 Å². The molecule has 10 heteroatoms. The maximum absolute atomic E-state index is 13.3. The summed E-state index contributed by atoms with van der Waals surface area (Å²) in [6, 6.07) is 5.99. The largest absolute Gasteiger partial charge is 0.493 e. The summed E-state index contributed by atoms with van der Waals surface area (Å²) < 4.78 is 19.9. The van der Waals surface area contributed by atoms with Gasteiger partial charge < -0.3 is 15.6 Å². The third-order valence-electron chi connectivity index (χ3n) is 3.76. The normalized spacial score (nSPS) is 11.3. The molecule has 0 spiro atoms. The van der Waals surface area contributed by atoms with Crippen LogP contribution in [0.5, 0.6) is 5.88 Å². The molecule has 0 fully saturated rings. The molecule has 132 valence electrons. The number of fused-ring (bicyclic) bond motifs is 1. The highest BCUT2D eigenvalue weighted by Crippen LogP contribution is 2.33. The molecule has 0 unspecified atom stereocenters. The molecule has 0 saturated heterocycles. The molecule has 0 aliphatic rings. The lowest BCUT2D eigenvalue weighted by Gasteiger charge is -2.04. The molecule has 8 nitrogen and oxygen atoms in total. The number of nitrogen functional groups attached to an aromatic ring is 1. The van der Waals surface area contributed by atoms with E-state index in [4.69, 9.17) is 10.5 Å². The summed E-state index contributed by atoms with van der Waals surface area (Å²) in [6.07, 6.45) is 0. The minimum Gasteiger partial charge on any atom is -0.493 e. The molecule has 1 aromatic carbocycles. The fourth-order valence-electron chi connectivity index (χ4n) is 2.64. The predicted octanol–water partition coefficient (Wildman–Crippen LogP) is 2.49. The number of hydrogen-bond acceptors (Lipinski definition) is 8. The van der Waals surface area contributed by atoms with Gasteiger partial charge in [0.05, 0.1) is 23.2 Å². The number of nitrogens with zero attached hydrogens (tertiary/aromatic N) is 5. The Bertz CT molecular complexity index is 1090. The van der Waals surface area contributed by atoms with Gasteiger partial charge in [-0.3, -0.25) is 0 Å². The first kappa shape index (κ1) is 16.4. The van der Waals surface area contributed by atoms with E-state index in [0.717, 1.165) is 5.56 Å². The van der Waals surface area contributed by atoms with Crippen molar-refractivity contribution < 1.29 is 14.2 Å². The van der Waals surface area contributed by atoms with Gasteiger partial charge in [-0.25, -0.2) is 4.39 Å². The Morgan fingerprint density at radius 1 is 1.27 bits per heavy atom. The summed E-state index contributed by atoms with van der Waals surface area (Å²) in [6.45, 7) is 0.225. The van der Waals surface area contributed by atoms with Crippen LogP contribution in [0.3, 0.4) is 0 Å². The predicted molar refractivity (Wildman–Crippen MR) is 94.1 cm³/mol. The summed E-state index contributed by atoms with van der Waals surface area (Å²) in [4.78, 5) is 3.97. The van der Waals surface area contributed by atoms with Crippen LogP contribution >= 0.6 is 11.3 Å². The molecule has 0 aliphatic heterocycles. The maximum Gasteiger partial charge on any atom is 0.222 e. The molecule has 26 heavy (non-hydrogen) atoms. The Morgan fingerprint density at radius 2 is 2.04 bits per heavy atom. The Labute approximate surface area is 150 Å². The van der Waals surface area contributed by atoms with Crippen LogP contribution < -0.4 is 5.73 Å². The Hall–Kier alpha value is -3.11. The Balaban J connectivity index is 1.95. The van der Waals surface area contributed by atoms with E-state index in [2.05, 4.69) is 20.3 Å². The lowest BCUT2D eigenvalue weighted by molar-refractivity contribution is 0.181. The molecule has 3 aromatic heterocycles. The number of thiazole rings is 1. The molecule has 0 saturated carbocycles. The minimum absolute atomic E-state index is 0.112. The average molecular weight is 372 g/mol. The molecule has 0 bridgehead atoms. The van der Waals surface area contributed by atoms with Crippen molar-refractivity contribution in [1.29, 1.82) is 0 Å². The van der Waals surface area contributed by atoms with Gasteiger partial charge in [0.1, 0.15) is 5.82 Å². The van der Waals surface area contributed by atoms with Gasteiger partial charge in [0.2, 0.25) is 5.88 Å². The number of aromatic hydroxyl groups is 1. The van der Waals surface area contributed by atoms with E-state index in [9.17, 15) is 9.50 Å². The van der Waals surface area contributed by atoms with E-state index in [-0.39, 0.29) is 24.1 Å². The lowest BCUT2D eigenvalue weighted by Crippen LogP contribution is -2.05. The van der Waals surface area contributed by atoms with E-state index in [1.165, 1.54) is 33.4 Å². The smallest absolute Gasteiger partial charge is 0.222 e. The quantitative estimate of drug-likeness (QED) is 0.566. The van der Waals surface area contributed by atoms with E-state index in [1.807, 2.05) is 0 Å². The highest BCUT2D eigenvalue weighted by molar-refractivity contribution is 7.13. The van der Waals surface area contributed by atoms with Crippen molar-refractivity contribution in [2.24, 2.45) is 0 Å². The molecule has 3 heterocycles. The number of methoxy groups -OCH3 is 1. The molecule has 4 rings (SSSR count).